The Balaban J connectivity index is 1.90. The van der Waals surface area contributed by atoms with Crippen molar-refractivity contribution >= 4 is 22.8 Å². The fourth-order valence-electron chi connectivity index (χ4n) is 2.79. The van der Waals surface area contributed by atoms with Gasteiger partial charge in [0, 0.05) is 37.0 Å². The second kappa shape index (κ2) is 5.00. The first kappa shape index (κ1) is 12.7. The Kier molecular flexibility index (Phi) is 3.18. The van der Waals surface area contributed by atoms with Crippen LogP contribution in [0.3, 0.4) is 0 Å². The van der Waals surface area contributed by atoms with Crippen molar-refractivity contribution in [2.45, 2.75) is 19.4 Å². The average Bonchev–Trinajstić information content (AvgIpc) is 3.00. The molecular formula is C15H16N2O3. The summed E-state index contributed by atoms with van der Waals surface area (Å²) in [5, 5.41) is 10.2. The first-order chi connectivity index (χ1) is 9.66. The molecule has 0 atom stereocenters. The van der Waals surface area contributed by atoms with E-state index >= 15 is 0 Å². The highest BCUT2D eigenvalue weighted by Crippen LogP contribution is 2.20. The van der Waals surface area contributed by atoms with E-state index in [4.69, 9.17) is 0 Å². The summed E-state index contributed by atoms with van der Waals surface area (Å²) in [6.45, 7) is 1.86. The summed E-state index contributed by atoms with van der Waals surface area (Å²) in [4.78, 5) is 24.8. The van der Waals surface area contributed by atoms with Crippen molar-refractivity contribution in [1.29, 1.82) is 0 Å². The van der Waals surface area contributed by atoms with Crippen molar-refractivity contribution in [2.24, 2.45) is 0 Å². The molecule has 2 aromatic rings. The van der Waals surface area contributed by atoms with Gasteiger partial charge in [-0.2, -0.15) is 0 Å². The molecule has 0 saturated carbocycles. The van der Waals surface area contributed by atoms with E-state index in [1.54, 1.807) is 15.5 Å². The number of likely N-dealkylation sites (tertiary alicyclic amines) is 1. The van der Waals surface area contributed by atoms with Gasteiger partial charge in [0.2, 0.25) is 5.91 Å². The number of carbonyl (C=O) groups is 2. The third kappa shape index (κ3) is 2.15. The number of para-hydroxylation sites is 1. The molecule has 3 rings (SSSR count). The number of carboxylic acid groups (broad SMARTS) is 1. The number of hydrogen-bond acceptors (Lipinski definition) is 2. The van der Waals surface area contributed by atoms with Gasteiger partial charge in [0.25, 0.3) is 0 Å². The fourth-order valence-corrected chi connectivity index (χ4v) is 2.79. The maximum Gasteiger partial charge on any atom is 0.352 e. The lowest BCUT2D eigenvalue weighted by atomic mass is 10.2. The number of carboxylic acids is 1. The summed E-state index contributed by atoms with van der Waals surface area (Å²) in [6, 6.07) is 9.28. The fraction of sp³-hybridized carbons (Fsp3) is 0.333. The molecule has 0 unspecified atom stereocenters. The van der Waals surface area contributed by atoms with E-state index < -0.39 is 5.97 Å². The van der Waals surface area contributed by atoms with Crippen LogP contribution >= 0.6 is 0 Å². The summed E-state index contributed by atoms with van der Waals surface area (Å²) in [6.07, 6.45) is 1.51. The number of carbonyl (C=O) groups excluding carboxylic acids is 1. The minimum atomic E-state index is -0.936. The summed E-state index contributed by atoms with van der Waals surface area (Å²) in [5.74, 6) is -0.771. The molecule has 104 valence electrons. The van der Waals surface area contributed by atoms with Crippen molar-refractivity contribution in [3.8, 4) is 0 Å². The summed E-state index contributed by atoms with van der Waals surface area (Å²) in [5.41, 5.74) is 1.18. The molecule has 1 amide bonds. The third-order valence-electron chi connectivity index (χ3n) is 3.79. The molecule has 1 aromatic carbocycles. The number of fused-ring (bicyclic) bond motifs is 1. The SMILES string of the molecule is O=C(O)c1cc2ccccc2n1CCN1CCCC1=O. The molecule has 5 heteroatoms. The van der Waals surface area contributed by atoms with E-state index in [1.165, 1.54) is 0 Å². The number of hydrogen-bond donors (Lipinski definition) is 1. The van der Waals surface area contributed by atoms with Gasteiger partial charge >= 0.3 is 5.97 Å². The maximum atomic E-state index is 11.6. The molecule has 1 aromatic heterocycles. The predicted octanol–water partition coefficient (Wildman–Crippen LogP) is 1.96. The molecule has 0 aliphatic carbocycles. The lowest BCUT2D eigenvalue weighted by Crippen LogP contribution is -2.29. The van der Waals surface area contributed by atoms with Crippen LogP contribution in [0.5, 0.6) is 0 Å². The average molecular weight is 272 g/mol. The van der Waals surface area contributed by atoms with Crippen molar-refractivity contribution in [3.05, 3.63) is 36.0 Å². The Labute approximate surface area is 116 Å². The Hall–Kier alpha value is -2.30. The van der Waals surface area contributed by atoms with Gasteiger partial charge in [0.15, 0.2) is 0 Å². The van der Waals surface area contributed by atoms with E-state index in [0.717, 1.165) is 23.9 Å². The molecule has 0 spiro atoms. The predicted molar refractivity (Wildman–Crippen MR) is 74.7 cm³/mol. The minimum absolute atomic E-state index is 0.165. The van der Waals surface area contributed by atoms with Crippen LogP contribution in [-0.4, -0.2) is 39.5 Å². The second-order valence-corrected chi connectivity index (χ2v) is 5.03. The van der Waals surface area contributed by atoms with Crippen LogP contribution in [0.1, 0.15) is 23.3 Å². The molecule has 1 N–H and O–H groups in total. The number of aromatic carboxylic acids is 1. The van der Waals surface area contributed by atoms with Crippen molar-refractivity contribution in [3.63, 3.8) is 0 Å². The highest BCUT2D eigenvalue weighted by atomic mass is 16.4. The molecular weight excluding hydrogens is 256 g/mol. The van der Waals surface area contributed by atoms with Gasteiger partial charge < -0.3 is 14.6 Å². The van der Waals surface area contributed by atoms with Gasteiger partial charge in [-0.3, -0.25) is 4.79 Å². The molecule has 0 radical (unpaired) electrons. The van der Waals surface area contributed by atoms with Crippen molar-refractivity contribution in [2.75, 3.05) is 13.1 Å². The van der Waals surface area contributed by atoms with Gasteiger partial charge in [0.05, 0.1) is 0 Å². The number of aromatic nitrogens is 1. The first-order valence-corrected chi connectivity index (χ1v) is 6.76. The third-order valence-corrected chi connectivity index (χ3v) is 3.79. The van der Waals surface area contributed by atoms with Gasteiger partial charge in [-0.1, -0.05) is 18.2 Å². The second-order valence-electron chi connectivity index (χ2n) is 5.03. The van der Waals surface area contributed by atoms with Gasteiger partial charge in [0.1, 0.15) is 5.69 Å². The maximum absolute atomic E-state index is 11.6. The summed E-state index contributed by atoms with van der Waals surface area (Å²) in [7, 11) is 0. The van der Waals surface area contributed by atoms with Crippen molar-refractivity contribution in [1.82, 2.24) is 9.47 Å². The number of benzene rings is 1. The molecule has 1 aliphatic rings. The Morgan fingerprint density at radius 3 is 2.75 bits per heavy atom. The van der Waals surface area contributed by atoms with Gasteiger partial charge in [-0.25, -0.2) is 4.79 Å². The summed E-state index contributed by atoms with van der Waals surface area (Å²) >= 11 is 0. The van der Waals surface area contributed by atoms with E-state index in [-0.39, 0.29) is 11.6 Å². The largest absolute Gasteiger partial charge is 0.477 e. The van der Waals surface area contributed by atoms with Crippen LogP contribution in [0, 0.1) is 0 Å². The van der Waals surface area contributed by atoms with Crippen molar-refractivity contribution < 1.29 is 14.7 Å². The first-order valence-electron chi connectivity index (χ1n) is 6.76. The molecule has 0 bridgehead atoms. The topological polar surface area (TPSA) is 62.5 Å². The molecule has 1 aliphatic heterocycles. The molecule has 5 nitrogen and oxygen atoms in total. The van der Waals surface area contributed by atoms with Crippen LogP contribution in [-0.2, 0) is 11.3 Å². The molecule has 20 heavy (non-hydrogen) atoms. The number of rotatable bonds is 4. The van der Waals surface area contributed by atoms with Crippen LogP contribution in [0.15, 0.2) is 30.3 Å². The van der Waals surface area contributed by atoms with E-state index in [1.807, 2.05) is 24.3 Å². The Bertz CT molecular complexity index is 675. The normalized spacial score (nSPS) is 15.2. The Morgan fingerprint density at radius 2 is 2.05 bits per heavy atom. The summed E-state index contributed by atoms with van der Waals surface area (Å²) < 4.78 is 1.78. The highest BCUT2D eigenvalue weighted by molar-refractivity contribution is 5.94. The zero-order valence-corrected chi connectivity index (χ0v) is 11.1. The minimum Gasteiger partial charge on any atom is -0.477 e. The van der Waals surface area contributed by atoms with E-state index in [0.29, 0.717) is 19.5 Å². The quantitative estimate of drug-likeness (QED) is 0.925. The van der Waals surface area contributed by atoms with Gasteiger partial charge in [-0.15, -0.1) is 0 Å². The van der Waals surface area contributed by atoms with Crippen LogP contribution in [0.2, 0.25) is 0 Å². The lowest BCUT2D eigenvalue weighted by Gasteiger charge is -2.17. The number of nitrogens with zero attached hydrogens (tertiary/aromatic N) is 2. The van der Waals surface area contributed by atoms with E-state index in [9.17, 15) is 14.7 Å². The van der Waals surface area contributed by atoms with Crippen LogP contribution in [0.4, 0.5) is 0 Å². The highest BCUT2D eigenvalue weighted by Gasteiger charge is 2.21. The van der Waals surface area contributed by atoms with Crippen LogP contribution < -0.4 is 0 Å². The number of amides is 1. The van der Waals surface area contributed by atoms with E-state index in [2.05, 4.69) is 0 Å². The molecule has 1 fully saturated rings. The molecule has 2 heterocycles. The van der Waals surface area contributed by atoms with Crippen LogP contribution in [0.25, 0.3) is 10.9 Å². The molecule has 1 saturated heterocycles. The monoisotopic (exact) mass is 272 g/mol. The smallest absolute Gasteiger partial charge is 0.352 e. The zero-order valence-electron chi connectivity index (χ0n) is 11.1. The standard InChI is InChI=1S/C15H16N2O3/c18-14-6-3-7-16(14)8-9-17-12-5-2-1-4-11(12)10-13(17)15(19)20/h1-2,4-5,10H,3,6-9H2,(H,19,20). The lowest BCUT2D eigenvalue weighted by molar-refractivity contribution is -0.127. The zero-order chi connectivity index (χ0) is 14.1. The van der Waals surface area contributed by atoms with Gasteiger partial charge in [-0.05, 0) is 18.6 Å². The Morgan fingerprint density at radius 1 is 1.25 bits per heavy atom.